The average Bonchev–Trinajstić information content (AvgIpc) is 3.00. The van der Waals surface area contributed by atoms with Gasteiger partial charge in [0.15, 0.2) is 0 Å². The second kappa shape index (κ2) is 5.85. The summed E-state index contributed by atoms with van der Waals surface area (Å²) in [6.45, 7) is 0.499. The van der Waals surface area contributed by atoms with E-state index in [1.54, 1.807) is 6.07 Å². The van der Waals surface area contributed by atoms with Gasteiger partial charge >= 0.3 is 0 Å². The number of benzene rings is 1. The summed E-state index contributed by atoms with van der Waals surface area (Å²) in [7, 11) is 0. The lowest BCUT2D eigenvalue weighted by Crippen LogP contribution is -2.37. The smallest absolute Gasteiger partial charge is 0.234 e. The van der Waals surface area contributed by atoms with Gasteiger partial charge in [-0.3, -0.25) is 0 Å². The van der Waals surface area contributed by atoms with Gasteiger partial charge < -0.3 is 10.3 Å². The van der Waals surface area contributed by atoms with Crippen LogP contribution in [0.25, 0.3) is 11.4 Å². The molecule has 0 spiro atoms. The molecule has 112 valence electrons. The first-order valence-electron chi connectivity index (χ1n) is 7.14. The minimum atomic E-state index is -0.328. The van der Waals surface area contributed by atoms with Crippen LogP contribution in [-0.4, -0.2) is 16.7 Å². The second-order valence-electron chi connectivity index (χ2n) is 5.59. The van der Waals surface area contributed by atoms with Crippen molar-refractivity contribution in [2.45, 2.75) is 37.5 Å². The van der Waals surface area contributed by atoms with E-state index in [0.29, 0.717) is 23.8 Å². The number of hydrogen-bond acceptors (Lipinski definition) is 4. The van der Waals surface area contributed by atoms with Crippen molar-refractivity contribution in [3.05, 3.63) is 34.4 Å². The Bertz CT molecular complexity index is 638. The molecule has 2 N–H and O–H groups in total. The van der Waals surface area contributed by atoms with E-state index in [1.807, 2.05) is 0 Å². The van der Waals surface area contributed by atoms with Crippen molar-refractivity contribution in [2.75, 3.05) is 6.54 Å². The Morgan fingerprint density at radius 3 is 2.76 bits per heavy atom. The van der Waals surface area contributed by atoms with Crippen LogP contribution in [0.2, 0.25) is 0 Å². The molecule has 1 aromatic heterocycles. The first-order valence-corrected chi connectivity index (χ1v) is 7.94. The second-order valence-corrected chi connectivity index (χ2v) is 6.45. The molecule has 1 aliphatic rings. The van der Waals surface area contributed by atoms with Crippen LogP contribution in [-0.2, 0) is 5.41 Å². The summed E-state index contributed by atoms with van der Waals surface area (Å²) in [5.74, 6) is 0.649. The molecule has 4 nitrogen and oxygen atoms in total. The van der Waals surface area contributed by atoms with E-state index >= 15 is 0 Å². The van der Waals surface area contributed by atoms with Crippen molar-refractivity contribution in [1.29, 1.82) is 0 Å². The lowest BCUT2D eigenvalue weighted by molar-refractivity contribution is 0.220. The van der Waals surface area contributed by atoms with Gasteiger partial charge in [0.1, 0.15) is 5.82 Å². The van der Waals surface area contributed by atoms with E-state index in [1.165, 1.54) is 18.6 Å². The van der Waals surface area contributed by atoms with Gasteiger partial charge in [-0.2, -0.15) is 4.98 Å². The van der Waals surface area contributed by atoms with Crippen LogP contribution >= 0.6 is 15.9 Å². The van der Waals surface area contributed by atoms with Crippen LogP contribution in [0.15, 0.2) is 27.2 Å². The van der Waals surface area contributed by atoms with E-state index in [0.717, 1.165) is 30.2 Å². The molecule has 3 rings (SSSR count). The third-order valence-corrected chi connectivity index (χ3v) is 4.94. The van der Waals surface area contributed by atoms with Crippen LogP contribution in [0.3, 0.4) is 0 Å². The van der Waals surface area contributed by atoms with Gasteiger partial charge in [-0.15, -0.1) is 0 Å². The zero-order valence-electron chi connectivity index (χ0n) is 11.6. The minimum absolute atomic E-state index is 0.219. The highest BCUT2D eigenvalue weighted by molar-refractivity contribution is 9.10. The molecule has 2 aromatic rings. The molecule has 0 atom stereocenters. The van der Waals surface area contributed by atoms with Crippen molar-refractivity contribution in [2.24, 2.45) is 5.73 Å². The SMILES string of the molecule is NCC1(c2nc(-c3cc(F)ccc3Br)no2)CCCCC1. The van der Waals surface area contributed by atoms with Gasteiger partial charge in [0, 0.05) is 16.6 Å². The predicted octanol–water partition coefficient (Wildman–Crippen LogP) is 3.80. The topological polar surface area (TPSA) is 64.9 Å². The highest BCUT2D eigenvalue weighted by Gasteiger charge is 2.38. The quantitative estimate of drug-likeness (QED) is 0.911. The molecule has 0 aliphatic heterocycles. The van der Waals surface area contributed by atoms with E-state index in [-0.39, 0.29) is 11.2 Å². The highest BCUT2D eigenvalue weighted by Crippen LogP contribution is 2.38. The minimum Gasteiger partial charge on any atom is -0.338 e. The molecular weight excluding hydrogens is 337 g/mol. The van der Waals surface area contributed by atoms with Crippen LogP contribution in [0, 0.1) is 5.82 Å². The van der Waals surface area contributed by atoms with Gasteiger partial charge in [-0.1, -0.05) is 40.3 Å². The Morgan fingerprint density at radius 2 is 2.05 bits per heavy atom. The van der Waals surface area contributed by atoms with Crippen molar-refractivity contribution in [1.82, 2.24) is 10.1 Å². The average molecular weight is 354 g/mol. The Hall–Kier alpha value is -1.27. The fourth-order valence-corrected chi connectivity index (χ4v) is 3.37. The molecule has 1 aromatic carbocycles. The van der Waals surface area contributed by atoms with Crippen LogP contribution in [0.5, 0.6) is 0 Å². The lowest BCUT2D eigenvalue weighted by Gasteiger charge is -2.32. The standard InChI is InChI=1S/C15H17BrFN3O/c16-12-5-4-10(17)8-11(12)13-19-14(21-20-13)15(9-18)6-2-1-3-7-15/h4-5,8H,1-3,6-7,9,18H2. The third kappa shape index (κ3) is 2.74. The molecule has 1 heterocycles. The summed E-state index contributed by atoms with van der Waals surface area (Å²) in [5.41, 5.74) is 6.35. The fraction of sp³-hybridized carbons (Fsp3) is 0.467. The zero-order chi connectivity index (χ0) is 14.9. The molecule has 0 saturated heterocycles. The molecule has 0 radical (unpaired) electrons. The Balaban J connectivity index is 1.97. The first kappa shape index (κ1) is 14.7. The lowest BCUT2D eigenvalue weighted by atomic mass is 9.74. The van der Waals surface area contributed by atoms with E-state index < -0.39 is 0 Å². The van der Waals surface area contributed by atoms with Crippen LogP contribution < -0.4 is 5.73 Å². The Morgan fingerprint density at radius 1 is 1.29 bits per heavy atom. The maximum atomic E-state index is 13.4. The van der Waals surface area contributed by atoms with E-state index in [2.05, 4.69) is 26.1 Å². The molecule has 1 aliphatic carbocycles. The fourth-order valence-electron chi connectivity index (χ4n) is 2.95. The number of aromatic nitrogens is 2. The van der Waals surface area contributed by atoms with Crippen molar-refractivity contribution >= 4 is 15.9 Å². The number of hydrogen-bond donors (Lipinski definition) is 1. The monoisotopic (exact) mass is 353 g/mol. The first-order chi connectivity index (χ1) is 10.1. The van der Waals surface area contributed by atoms with Crippen molar-refractivity contribution in [3.8, 4) is 11.4 Å². The van der Waals surface area contributed by atoms with Crippen molar-refractivity contribution < 1.29 is 8.91 Å². The summed E-state index contributed by atoms with van der Waals surface area (Å²) in [4.78, 5) is 4.49. The molecular formula is C15H17BrFN3O. The Labute approximate surface area is 131 Å². The number of rotatable bonds is 3. The maximum Gasteiger partial charge on any atom is 0.234 e. The van der Waals surface area contributed by atoms with Gasteiger partial charge in [0.25, 0.3) is 0 Å². The molecule has 6 heteroatoms. The van der Waals surface area contributed by atoms with E-state index in [9.17, 15) is 4.39 Å². The molecule has 0 unspecified atom stereocenters. The van der Waals surface area contributed by atoms with Gasteiger partial charge in [0.05, 0.1) is 5.41 Å². The number of halogens is 2. The largest absolute Gasteiger partial charge is 0.338 e. The number of nitrogens with zero attached hydrogens (tertiary/aromatic N) is 2. The molecule has 1 fully saturated rings. The van der Waals surface area contributed by atoms with Gasteiger partial charge in [-0.25, -0.2) is 4.39 Å². The Kier molecular flexibility index (Phi) is 4.08. The summed E-state index contributed by atoms with van der Waals surface area (Å²) in [5, 5.41) is 4.02. The molecule has 0 amide bonds. The van der Waals surface area contributed by atoms with Crippen LogP contribution in [0.4, 0.5) is 4.39 Å². The predicted molar refractivity (Wildman–Crippen MR) is 81.2 cm³/mol. The van der Waals surface area contributed by atoms with Gasteiger partial charge in [0.2, 0.25) is 11.7 Å². The molecule has 0 bridgehead atoms. The molecule has 21 heavy (non-hydrogen) atoms. The van der Waals surface area contributed by atoms with Gasteiger partial charge in [-0.05, 0) is 31.0 Å². The summed E-state index contributed by atoms with van der Waals surface area (Å²) in [6.07, 6.45) is 5.40. The zero-order valence-corrected chi connectivity index (χ0v) is 13.2. The normalized spacial score (nSPS) is 17.9. The maximum absolute atomic E-state index is 13.4. The third-order valence-electron chi connectivity index (χ3n) is 4.25. The van der Waals surface area contributed by atoms with E-state index in [4.69, 9.17) is 10.3 Å². The van der Waals surface area contributed by atoms with Crippen molar-refractivity contribution in [3.63, 3.8) is 0 Å². The summed E-state index contributed by atoms with van der Waals surface area (Å²) < 4.78 is 19.6. The highest BCUT2D eigenvalue weighted by atomic mass is 79.9. The summed E-state index contributed by atoms with van der Waals surface area (Å²) >= 11 is 3.39. The molecule has 1 saturated carbocycles. The number of nitrogens with two attached hydrogens (primary N) is 1. The van der Waals surface area contributed by atoms with Crippen LogP contribution in [0.1, 0.15) is 38.0 Å². The summed E-state index contributed by atoms with van der Waals surface area (Å²) in [6, 6.07) is 4.42.